The van der Waals surface area contributed by atoms with E-state index in [0.29, 0.717) is 12.2 Å². The molecule has 0 aliphatic carbocycles. The average molecular weight is 341 g/mol. The zero-order valence-corrected chi connectivity index (χ0v) is 15.4. The summed E-state index contributed by atoms with van der Waals surface area (Å²) in [5.41, 5.74) is 3.58. The summed E-state index contributed by atoms with van der Waals surface area (Å²) < 4.78 is 5.08. The van der Waals surface area contributed by atoms with Crippen LogP contribution in [0.5, 0.6) is 0 Å². The summed E-state index contributed by atoms with van der Waals surface area (Å²) in [5, 5.41) is 13.1. The molecule has 0 fully saturated rings. The van der Waals surface area contributed by atoms with E-state index < -0.39 is 6.10 Å². The Morgan fingerprint density at radius 3 is 2.44 bits per heavy atom. The molecule has 134 valence electrons. The van der Waals surface area contributed by atoms with E-state index in [1.807, 2.05) is 36.4 Å². The number of hydrogen-bond donors (Lipinski definition) is 2. The molecule has 0 saturated carbocycles. The lowest BCUT2D eigenvalue weighted by Gasteiger charge is -2.20. The van der Waals surface area contributed by atoms with Gasteiger partial charge in [0.25, 0.3) is 5.91 Å². The van der Waals surface area contributed by atoms with Gasteiger partial charge < -0.3 is 15.2 Å². The molecule has 2 rings (SSSR count). The molecular weight excluding hydrogens is 314 g/mol. The number of aliphatic hydroxyl groups is 1. The number of carbonyl (C=O) groups excluding carboxylic acids is 1. The van der Waals surface area contributed by atoms with Crippen LogP contribution in [0, 0.1) is 0 Å². The van der Waals surface area contributed by atoms with E-state index in [9.17, 15) is 9.90 Å². The van der Waals surface area contributed by atoms with Gasteiger partial charge in [0, 0.05) is 19.2 Å². The molecule has 0 bridgehead atoms. The van der Waals surface area contributed by atoms with Crippen LogP contribution in [0.2, 0.25) is 0 Å². The van der Waals surface area contributed by atoms with E-state index in [1.54, 1.807) is 19.2 Å². The topological polar surface area (TPSA) is 58.6 Å². The first kappa shape index (κ1) is 19.2. The molecule has 0 saturated heterocycles. The molecule has 2 aromatic carbocycles. The quantitative estimate of drug-likeness (QED) is 0.844. The number of benzene rings is 2. The van der Waals surface area contributed by atoms with Gasteiger partial charge >= 0.3 is 0 Å². The Bertz CT molecular complexity index is 702. The smallest absolute Gasteiger partial charge is 0.251 e. The maximum atomic E-state index is 12.3. The lowest BCUT2D eigenvalue weighted by molar-refractivity contribution is 0.0916. The standard InChI is InChI=1S/C21H27NO3/c1-21(2,3)18-10-8-16(9-11-18)19(23)13-22-20(24)17-7-5-6-15(12-17)14-25-4/h5-12,19,23H,13-14H2,1-4H3,(H,22,24). The highest BCUT2D eigenvalue weighted by Gasteiger charge is 2.15. The largest absolute Gasteiger partial charge is 0.387 e. The fraction of sp³-hybridized carbons (Fsp3) is 0.381. The third kappa shape index (κ3) is 5.41. The van der Waals surface area contributed by atoms with Crippen molar-refractivity contribution in [3.63, 3.8) is 0 Å². The fourth-order valence-corrected chi connectivity index (χ4v) is 2.58. The van der Waals surface area contributed by atoms with Crippen LogP contribution in [0.25, 0.3) is 0 Å². The van der Waals surface area contributed by atoms with Crippen LogP contribution in [0.15, 0.2) is 48.5 Å². The Hall–Kier alpha value is -2.17. The molecule has 0 aliphatic heterocycles. The molecule has 0 heterocycles. The highest BCUT2D eigenvalue weighted by atomic mass is 16.5. The molecule has 1 unspecified atom stereocenters. The van der Waals surface area contributed by atoms with Crippen molar-refractivity contribution in [2.24, 2.45) is 0 Å². The van der Waals surface area contributed by atoms with E-state index in [4.69, 9.17) is 4.74 Å². The van der Waals surface area contributed by atoms with Crippen LogP contribution in [0.4, 0.5) is 0 Å². The van der Waals surface area contributed by atoms with Crippen LogP contribution in [0.3, 0.4) is 0 Å². The highest BCUT2D eigenvalue weighted by molar-refractivity contribution is 5.94. The van der Waals surface area contributed by atoms with E-state index in [-0.39, 0.29) is 17.9 Å². The second-order valence-electron chi connectivity index (χ2n) is 7.23. The van der Waals surface area contributed by atoms with Crippen LogP contribution < -0.4 is 5.32 Å². The summed E-state index contributed by atoms with van der Waals surface area (Å²) in [4.78, 5) is 12.3. The van der Waals surface area contributed by atoms with Crippen molar-refractivity contribution >= 4 is 5.91 Å². The van der Waals surface area contributed by atoms with E-state index in [0.717, 1.165) is 11.1 Å². The second kappa shape index (κ2) is 8.28. The van der Waals surface area contributed by atoms with Crippen molar-refractivity contribution in [3.8, 4) is 0 Å². The number of methoxy groups -OCH3 is 1. The van der Waals surface area contributed by atoms with E-state index in [1.165, 1.54) is 5.56 Å². The summed E-state index contributed by atoms with van der Waals surface area (Å²) >= 11 is 0. The minimum Gasteiger partial charge on any atom is -0.387 e. The molecule has 1 atom stereocenters. The molecule has 2 aromatic rings. The molecular formula is C21H27NO3. The first-order valence-electron chi connectivity index (χ1n) is 8.46. The summed E-state index contributed by atoms with van der Waals surface area (Å²) in [6, 6.07) is 15.1. The molecule has 0 aliphatic rings. The van der Waals surface area contributed by atoms with Crippen molar-refractivity contribution in [1.29, 1.82) is 0 Å². The normalized spacial score (nSPS) is 12.7. The van der Waals surface area contributed by atoms with Gasteiger partial charge in [0.15, 0.2) is 0 Å². The van der Waals surface area contributed by atoms with Crippen LogP contribution in [-0.4, -0.2) is 24.7 Å². The summed E-state index contributed by atoms with van der Waals surface area (Å²) in [5.74, 6) is -0.205. The predicted molar refractivity (Wildman–Crippen MR) is 99.6 cm³/mol. The summed E-state index contributed by atoms with van der Waals surface area (Å²) in [6.07, 6.45) is -0.736. The van der Waals surface area contributed by atoms with E-state index in [2.05, 4.69) is 26.1 Å². The van der Waals surface area contributed by atoms with Crippen LogP contribution in [-0.2, 0) is 16.8 Å². The second-order valence-corrected chi connectivity index (χ2v) is 7.23. The Balaban J connectivity index is 1.96. The minimum absolute atomic E-state index is 0.0743. The zero-order valence-electron chi connectivity index (χ0n) is 15.4. The van der Waals surface area contributed by atoms with Gasteiger partial charge in [-0.25, -0.2) is 0 Å². The SMILES string of the molecule is COCc1cccc(C(=O)NCC(O)c2ccc(C(C)(C)C)cc2)c1. The third-order valence-electron chi connectivity index (χ3n) is 4.12. The maximum absolute atomic E-state index is 12.3. The van der Waals surface area contributed by atoms with Crippen molar-refractivity contribution in [2.45, 2.75) is 38.9 Å². The number of nitrogens with one attached hydrogen (secondary N) is 1. The third-order valence-corrected chi connectivity index (χ3v) is 4.12. The van der Waals surface area contributed by atoms with Gasteiger partial charge in [-0.3, -0.25) is 4.79 Å². The van der Waals surface area contributed by atoms with Gasteiger partial charge in [-0.05, 0) is 34.2 Å². The highest BCUT2D eigenvalue weighted by Crippen LogP contribution is 2.23. The molecule has 0 radical (unpaired) electrons. The Morgan fingerprint density at radius 2 is 1.84 bits per heavy atom. The summed E-state index contributed by atoms with van der Waals surface area (Å²) in [7, 11) is 1.62. The minimum atomic E-state index is -0.736. The van der Waals surface area contributed by atoms with Crippen molar-refractivity contribution in [1.82, 2.24) is 5.32 Å². The molecule has 25 heavy (non-hydrogen) atoms. The molecule has 2 N–H and O–H groups in total. The molecule has 4 nitrogen and oxygen atoms in total. The lowest BCUT2D eigenvalue weighted by Crippen LogP contribution is -2.28. The molecule has 4 heteroatoms. The number of aliphatic hydroxyl groups excluding tert-OH is 1. The maximum Gasteiger partial charge on any atom is 0.251 e. The fourth-order valence-electron chi connectivity index (χ4n) is 2.58. The van der Waals surface area contributed by atoms with Crippen LogP contribution >= 0.6 is 0 Å². The first-order valence-corrected chi connectivity index (χ1v) is 8.46. The Labute approximate surface area is 149 Å². The van der Waals surface area contributed by atoms with Gasteiger partial charge in [-0.15, -0.1) is 0 Å². The summed E-state index contributed by atoms with van der Waals surface area (Å²) in [6.45, 7) is 7.08. The number of hydrogen-bond acceptors (Lipinski definition) is 3. The van der Waals surface area contributed by atoms with Crippen LogP contribution in [0.1, 0.15) is 53.9 Å². The molecule has 0 aromatic heterocycles. The number of amides is 1. The average Bonchev–Trinajstić information content (AvgIpc) is 2.59. The van der Waals surface area contributed by atoms with Gasteiger partial charge in [0.2, 0.25) is 0 Å². The Kier molecular flexibility index (Phi) is 6.34. The predicted octanol–water partition coefficient (Wildman–Crippen LogP) is 3.59. The van der Waals surface area contributed by atoms with E-state index >= 15 is 0 Å². The molecule has 1 amide bonds. The van der Waals surface area contributed by atoms with Gasteiger partial charge in [0.1, 0.15) is 0 Å². The zero-order chi connectivity index (χ0) is 18.4. The van der Waals surface area contributed by atoms with Gasteiger partial charge in [0.05, 0.1) is 12.7 Å². The number of rotatable bonds is 6. The van der Waals surface area contributed by atoms with Gasteiger partial charge in [-0.1, -0.05) is 57.2 Å². The lowest BCUT2D eigenvalue weighted by atomic mass is 9.86. The monoisotopic (exact) mass is 341 g/mol. The van der Waals surface area contributed by atoms with Gasteiger partial charge in [-0.2, -0.15) is 0 Å². The number of carbonyl (C=O) groups is 1. The van der Waals surface area contributed by atoms with Crippen molar-refractivity contribution < 1.29 is 14.6 Å². The Morgan fingerprint density at radius 1 is 1.16 bits per heavy atom. The number of ether oxygens (including phenoxy) is 1. The van der Waals surface area contributed by atoms with Crippen molar-refractivity contribution in [2.75, 3.05) is 13.7 Å². The van der Waals surface area contributed by atoms with Crippen molar-refractivity contribution in [3.05, 3.63) is 70.8 Å². The molecule has 0 spiro atoms. The first-order chi connectivity index (χ1) is 11.8.